The quantitative estimate of drug-likeness (QED) is 0.583. The summed E-state index contributed by atoms with van der Waals surface area (Å²) in [5.41, 5.74) is 3.78. The van der Waals surface area contributed by atoms with E-state index in [4.69, 9.17) is 9.47 Å². The molecule has 138 valence electrons. The first-order chi connectivity index (χ1) is 12.5. The van der Waals surface area contributed by atoms with Gasteiger partial charge in [0.05, 0.1) is 12.2 Å². The second-order valence-corrected chi connectivity index (χ2v) is 7.36. The predicted molar refractivity (Wildman–Crippen MR) is 101 cm³/mol. The van der Waals surface area contributed by atoms with Gasteiger partial charge in [0, 0.05) is 40.9 Å². The Kier molecular flexibility index (Phi) is 5.94. The van der Waals surface area contributed by atoms with Crippen molar-refractivity contribution in [2.75, 3.05) is 20.3 Å². The normalized spacial score (nSPS) is 20.0. The summed E-state index contributed by atoms with van der Waals surface area (Å²) in [6.07, 6.45) is 2.16. The number of methoxy groups -OCH3 is 1. The van der Waals surface area contributed by atoms with Gasteiger partial charge in [0.25, 0.3) is 0 Å². The second-order valence-electron chi connectivity index (χ2n) is 6.45. The van der Waals surface area contributed by atoms with Crippen LogP contribution in [-0.2, 0) is 19.1 Å². The van der Waals surface area contributed by atoms with Gasteiger partial charge in [-0.1, -0.05) is 28.1 Å². The van der Waals surface area contributed by atoms with Crippen LogP contribution in [0.25, 0.3) is 0 Å². The van der Waals surface area contributed by atoms with Gasteiger partial charge >= 0.3 is 5.97 Å². The van der Waals surface area contributed by atoms with Crippen molar-refractivity contribution in [3.63, 3.8) is 0 Å². The SMILES string of the molecule is COCCOC(=O)C1=C(C)NC2=C(C(=O)CCC2)C1c1ccc(Br)cc1. The lowest BCUT2D eigenvalue weighted by atomic mass is 9.75. The van der Waals surface area contributed by atoms with Crippen LogP contribution < -0.4 is 5.32 Å². The standard InChI is InChI=1S/C20H22BrNO4/c1-12-17(20(24)26-11-10-25-2)18(13-6-8-14(21)9-7-13)19-15(22-12)4-3-5-16(19)23/h6-9,18,22H,3-5,10-11H2,1-2H3. The fourth-order valence-corrected chi connectivity index (χ4v) is 3.80. The minimum absolute atomic E-state index is 0.0985. The molecule has 26 heavy (non-hydrogen) atoms. The van der Waals surface area contributed by atoms with Crippen LogP contribution in [0.3, 0.4) is 0 Å². The van der Waals surface area contributed by atoms with Gasteiger partial charge in [-0.05, 0) is 37.5 Å². The monoisotopic (exact) mass is 419 g/mol. The number of dihydropyridines is 1. The van der Waals surface area contributed by atoms with E-state index < -0.39 is 11.9 Å². The van der Waals surface area contributed by atoms with Crippen LogP contribution in [0.1, 0.15) is 37.7 Å². The highest BCUT2D eigenvalue weighted by molar-refractivity contribution is 9.10. The van der Waals surface area contributed by atoms with Gasteiger partial charge in [0.15, 0.2) is 5.78 Å². The molecule has 1 aromatic rings. The summed E-state index contributed by atoms with van der Waals surface area (Å²) in [7, 11) is 1.56. The number of allylic oxidation sites excluding steroid dienone is 3. The van der Waals surface area contributed by atoms with Gasteiger partial charge in [-0.3, -0.25) is 4.79 Å². The highest BCUT2D eigenvalue weighted by Crippen LogP contribution is 2.42. The molecule has 5 nitrogen and oxygen atoms in total. The van der Waals surface area contributed by atoms with Crippen molar-refractivity contribution in [1.82, 2.24) is 5.32 Å². The van der Waals surface area contributed by atoms with Crippen LogP contribution in [0.5, 0.6) is 0 Å². The van der Waals surface area contributed by atoms with Gasteiger partial charge in [-0.15, -0.1) is 0 Å². The van der Waals surface area contributed by atoms with E-state index in [-0.39, 0.29) is 12.4 Å². The first-order valence-electron chi connectivity index (χ1n) is 8.68. The molecule has 1 heterocycles. The number of benzene rings is 1. The zero-order valence-corrected chi connectivity index (χ0v) is 16.5. The molecule has 0 radical (unpaired) electrons. The van der Waals surface area contributed by atoms with Crippen molar-refractivity contribution < 1.29 is 19.1 Å². The maximum Gasteiger partial charge on any atom is 0.336 e. The van der Waals surface area contributed by atoms with Crippen molar-refractivity contribution in [2.24, 2.45) is 0 Å². The molecule has 6 heteroatoms. The Morgan fingerprint density at radius 1 is 1.23 bits per heavy atom. The molecule has 1 aliphatic carbocycles. The smallest absolute Gasteiger partial charge is 0.336 e. The van der Waals surface area contributed by atoms with Gasteiger partial charge in [0.2, 0.25) is 0 Å². The third-order valence-corrected chi connectivity index (χ3v) is 5.25. The van der Waals surface area contributed by atoms with E-state index >= 15 is 0 Å². The topological polar surface area (TPSA) is 64.6 Å². The third-order valence-electron chi connectivity index (χ3n) is 4.72. The Balaban J connectivity index is 2.04. The van der Waals surface area contributed by atoms with Gasteiger partial charge in [-0.25, -0.2) is 4.79 Å². The molecule has 2 aliphatic rings. The molecule has 0 saturated heterocycles. The molecular formula is C20H22BrNO4. The Labute approximate surface area is 161 Å². The van der Waals surface area contributed by atoms with E-state index in [9.17, 15) is 9.59 Å². The zero-order valence-electron chi connectivity index (χ0n) is 14.9. The van der Waals surface area contributed by atoms with E-state index in [0.717, 1.165) is 34.3 Å². The fraction of sp³-hybridized carbons (Fsp3) is 0.400. The Bertz CT molecular complexity index is 780. The lowest BCUT2D eigenvalue weighted by Gasteiger charge is -2.34. The summed E-state index contributed by atoms with van der Waals surface area (Å²) < 4.78 is 11.3. The summed E-state index contributed by atoms with van der Waals surface area (Å²) >= 11 is 3.44. The average molecular weight is 420 g/mol. The minimum Gasteiger partial charge on any atom is -0.460 e. The molecule has 1 aromatic carbocycles. The molecule has 0 amide bonds. The predicted octanol–water partition coefficient (Wildman–Crippen LogP) is 3.61. The second kappa shape index (κ2) is 8.18. The first kappa shape index (κ1) is 18.9. The van der Waals surface area contributed by atoms with Crippen LogP contribution in [-0.4, -0.2) is 32.1 Å². The highest BCUT2D eigenvalue weighted by Gasteiger charge is 2.38. The molecule has 3 rings (SSSR count). The van der Waals surface area contributed by atoms with Crippen LogP contribution in [0.4, 0.5) is 0 Å². The van der Waals surface area contributed by atoms with Gasteiger partial charge < -0.3 is 14.8 Å². The molecular weight excluding hydrogens is 398 g/mol. The van der Waals surface area contributed by atoms with E-state index in [2.05, 4.69) is 21.2 Å². The lowest BCUT2D eigenvalue weighted by Crippen LogP contribution is -2.34. The molecule has 0 bridgehead atoms. The van der Waals surface area contributed by atoms with E-state index in [0.29, 0.717) is 24.2 Å². The molecule has 1 N–H and O–H groups in total. The van der Waals surface area contributed by atoms with Crippen LogP contribution in [0, 0.1) is 0 Å². The number of esters is 1. The van der Waals surface area contributed by atoms with Crippen molar-refractivity contribution in [2.45, 2.75) is 32.1 Å². The van der Waals surface area contributed by atoms with Crippen molar-refractivity contribution in [3.05, 3.63) is 56.8 Å². The van der Waals surface area contributed by atoms with E-state index in [1.807, 2.05) is 31.2 Å². The number of halogens is 1. The summed E-state index contributed by atoms with van der Waals surface area (Å²) in [6, 6.07) is 7.74. The summed E-state index contributed by atoms with van der Waals surface area (Å²) in [5.74, 6) is -0.714. The molecule has 0 fully saturated rings. The number of rotatable bonds is 5. The third kappa shape index (κ3) is 3.76. The van der Waals surface area contributed by atoms with Crippen LogP contribution in [0.15, 0.2) is 51.3 Å². The molecule has 1 atom stereocenters. The zero-order chi connectivity index (χ0) is 18.7. The number of carbonyl (C=O) groups is 2. The van der Waals surface area contributed by atoms with Crippen LogP contribution >= 0.6 is 15.9 Å². The van der Waals surface area contributed by atoms with E-state index in [1.165, 1.54) is 0 Å². The number of Topliss-reactive ketones (excluding diaryl/α,β-unsaturated/α-hetero) is 1. The first-order valence-corrected chi connectivity index (χ1v) is 9.47. The van der Waals surface area contributed by atoms with Crippen molar-refractivity contribution in [1.29, 1.82) is 0 Å². The number of hydrogen-bond donors (Lipinski definition) is 1. The average Bonchev–Trinajstić information content (AvgIpc) is 2.61. The summed E-state index contributed by atoms with van der Waals surface area (Å²) in [6.45, 7) is 2.38. The minimum atomic E-state index is -0.412. The van der Waals surface area contributed by atoms with Crippen molar-refractivity contribution in [3.8, 4) is 0 Å². The maximum absolute atomic E-state index is 12.8. The van der Waals surface area contributed by atoms with Gasteiger partial charge in [0.1, 0.15) is 6.61 Å². The highest BCUT2D eigenvalue weighted by atomic mass is 79.9. The number of ether oxygens (including phenoxy) is 2. The number of carbonyl (C=O) groups excluding carboxylic acids is 2. The number of hydrogen-bond acceptors (Lipinski definition) is 5. The molecule has 1 aliphatic heterocycles. The Morgan fingerprint density at radius 3 is 2.65 bits per heavy atom. The number of ketones is 1. The molecule has 0 spiro atoms. The van der Waals surface area contributed by atoms with Gasteiger partial charge in [-0.2, -0.15) is 0 Å². The number of nitrogens with one attached hydrogen (secondary N) is 1. The van der Waals surface area contributed by atoms with Crippen molar-refractivity contribution >= 4 is 27.7 Å². The molecule has 1 unspecified atom stereocenters. The fourth-order valence-electron chi connectivity index (χ4n) is 3.54. The molecule has 0 saturated carbocycles. The maximum atomic E-state index is 12.8. The lowest BCUT2D eigenvalue weighted by molar-refractivity contribution is -0.140. The summed E-state index contributed by atoms with van der Waals surface area (Å²) in [5, 5.41) is 3.28. The van der Waals surface area contributed by atoms with E-state index in [1.54, 1.807) is 7.11 Å². The summed E-state index contributed by atoms with van der Waals surface area (Å²) in [4.78, 5) is 25.5. The Hall–Kier alpha value is -1.92. The molecule has 0 aromatic heterocycles. The largest absolute Gasteiger partial charge is 0.460 e. The Morgan fingerprint density at radius 2 is 1.96 bits per heavy atom. The van der Waals surface area contributed by atoms with Crippen LogP contribution in [0.2, 0.25) is 0 Å².